The van der Waals surface area contributed by atoms with E-state index in [9.17, 15) is 14.7 Å². The predicted octanol–water partition coefficient (Wildman–Crippen LogP) is 4.11. The highest BCUT2D eigenvalue weighted by atomic mass is 35.5. The van der Waals surface area contributed by atoms with Crippen LogP contribution in [-0.4, -0.2) is 29.2 Å². The van der Waals surface area contributed by atoms with E-state index >= 15 is 0 Å². The van der Waals surface area contributed by atoms with Crippen molar-refractivity contribution in [2.24, 2.45) is 17.3 Å². The third kappa shape index (κ3) is 3.45. The molecule has 1 amide bonds. The Morgan fingerprint density at radius 2 is 1.89 bits per heavy atom. The zero-order valence-corrected chi connectivity index (χ0v) is 16.7. The van der Waals surface area contributed by atoms with Crippen LogP contribution in [0.2, 0.25) is 10.0 Å². The fourth-order valence-corrected chi connectivity index (χ4v) is 6.15. The molecule has 4 aliphatic carbocycles. The van der Waals surface area contributed by atoms with Crippen LogP contribution in [0.25, 0.3) is 0 Å². The number of halogens is 2. The van der Waals surface area contributed by atoms with Crippen LogP contribution in [0.3, 0.4) is 0 Å². The van der Waals surface area contributed by atoms with Crippen molar-refractivity contribution in [3.63, 3.8) is 0 Å². The van der Waals surface area contributed by atoms with Crippen molar-refractivity contribution in [3.05, 3.63) is 27.7 Å². The summed E-state index contributed by atoms with van der Waals surface area (Å²) in [6, 6.07) is 3.42. The Bertz CT molecular complexity index is 795. The Balaban J connectivity index is 1.40. The molecule has 0 aromatic heterocycles. The average molecular weight is 412 g/mol. The lowest BCUT2D eigenvalue weighted by Crippen LogP contribution is -2.58. The minimum atomic E-state index is -0.742. The Hall–Kier alpha value is -1.30. The van der Waals surface area contributed by atoms with Crippen molar-refractivity contribution in [2.75, 3.05) is 11.9 Å². The molecule has 0 radical (unpaired) electrons. The number of aryl methyl sites for hydroxylation is 1. The molecule has 1 aromatic rings. The van der Waals surface area contributed by atoms with Crippen molar-refractivity contribution in [2.45, 2.75) is 51.0 Å². The molecule has 4 fully saturated rings. The maximum atomic E-state index is 12.8. The Kier molecular flexibility index (Phi) is 4.68. The van der Waals surface area contributed by atoms with Gasteiger partial charge in [0.15, 0.2) is 6.61 Å². The van der Waals surface area contributed by atoms with Gasteiger partial charge in [0.05, 0.1) is 26.7 Å². The van der Waals surface area contributed by atoms with E-state index in [1.54, 1.807) is 12.1 Å². The zero-order chi connectivity index (χ0) is 19.4. The molecule has 4 bridgehead atoms. The van der Waals surface area contributed by atoms with Gasteiger partial charge in [-0.05, 0) is 68.9 Å². The van der Waals surface area contributed by atoms with Gasteiger partial charge in [-0.1, -0.05) is 29.3 Å². The van der Waals surface area contributed by atoms with Gasteiger partial charge in [0.1, 0.15) is 0 Å². The third-order valence-corrected chi connectivity index (χ3v) is 7.15. The molecule has 4 aliphatic rings. The van der Waals surface area contributed by atoms with Crippen molar-refractivity contribution in [1.82, 2.24) is 0 Å². The predicted molar refractivity (Wildman–Crippen MR) is 103 cm³/mol. The molecule has 146 valence electrons. The van der Waals surface area contributed by atoms with E-state index in [2.05, 4.69) is 5.32 Å². The summed E-state index contributed by atoms with van der Waals surface area (Å²) in [5.74, 6) is -0.0992. The number of nitrogens with one attached hydrogen (secondary N) is 1. The van der Waals surface area contributed by atoms with Gasteiger partial charge in [-0.2, -0.15) is 0 Å². The fraction of sp³-hybridized carbons (Fsp3) is 0.600. The summed E-state index contributed by atoms with van der Waals surface area (Å²) in [7, 11) is 0. The summed E-state index contributed by atoms with van der Waals surface area (Å²) in [5.41, 5.74) is -0.273. The number of amides is 1. The number of rotatable bonds is 4. The maximum absolute atomic E-state index is 12.8. The highest BCUT2D eigenvalue weighted by Gasteiger charge is 2.60. The molecular weight excluding hydrogens is 389 g/mol. The van der Waals surface area contributed by atoms with Crippen LogP contribution < -0.4 is 5.32 Å². The minimum absolute atomic E-state index is 0.323. The number of hydrogen-bond acceptors (Lipinski definition) is 4. The molecule has 7 heteroatoms. The summed E-state index contributed by atoms with van der Waals surface area (Å²) in [6.45, 7) is 1.42. The summed E-state index contributed by atoms with van der Waals surface area (Å²) in [4.78, 5) is 25.1. The van der Waals surface area contributed by atoms with Gasteiger partial charge in [-0.15, -0.1) is 0 Å². The van der Waals surface area contributed by atoms with Gasteiger partial charge in [0.2, 0.25) is 0 Å². The quantitative estimate of drug-likeness (QED) is 0.730. The number of carbonyl (C=O) groups excluding carboxylic acids is 2. The number of ether oxygens (including phenoxy) is 1. The molecule has 4 saturated carbocycles. The summed E-state index contributed by atoms with van der Waals surface area (Å²) in [6.07, 6.45) is 4.60. The monoisotopic (exact) mass is 411 g/mol. The van der Waals surface area contributed by atoms with E-state index in [4.69, 9.17) is 27.9 Å². The van der Waals surface area contributed by atoms with Crippen LogP contribution in [0.5, 0.6) is 0 Å². The first-order chi connectivity index (χ1) is 12.7. The molecule has 1 aromatic carbocycles. The number of esters is 1. The molecule has 2 N–H and O–H groups in total. The summed E-state index contributed by atoms with van der Waals surface area (Å²) in [5, 5.41) is 14.1. The molecule has 0 saturated heterocycles. The van der Waals surface area contributed by atoms with E-state index in [0.29, 0.717) is 34.0 Å². The van der Waals surface area contributed by atoms with Crippen LogP contribution in [-0.2, 0) is 14.3 Å². The minimum Gasteiger partial charge on any atom is -0.455 e. The van der Waals surface area contributed by atoms with Gasteiger partial charge < -0.3 is 15.2 Å². The second kappa shape index (κ2) is 6.64. The molecule has 0 unspecified atom stereocenters. The topological polar surface area (TPSA) is 75.6 Å². The van der Waals surface area contributed by atoms with E-state index in [0.717, 1.165) is 37.7 Å². The lowest BCUT2D eigenvalue weighted by atomic mass is 9.48. The highest BCUT2D eigenvalue weighted by molar-refractivity contribution is 6.40. The molecule has 0 heterocycles. The van der Waals surface area contributed by atoms with E-state index in [1.807, 2.05) is 6.92 Å². The SMILES string of the molecule is Cc1ccc(Cl)c(NC(=O)COC(=O)C23C[C@H]4C[C@@H](CC(O)(C4)C2)C3)c1Cl. The van der Waals surface area contributed by atoms with E-state index in [-0.39, 0.29) is 5.97 Å². The lowest BCUT2D eigenvalue weighted by molar-refractivity contribution is -0.196. The van der Waals surface area contributed by atoms with Gasteiger partial charge in [-0.3, -0.25) is 9.59 Å². The van der Waals surface area contributed by atoms with Crippen LogP contribution in [0.15, 0.2) is 12.1 Å². The molecule has 5 rings (SSSR count). The number of anilines is 1. The van der Waals surface area contributed by atoms with Crippen LogP contribution >= 0.6 is 23.2 Å². The molecule has 2 atom stereocenters. The van der Waals surface area contributed by atoms with Gasteiger partial charge in [-0.25, -0.2) is 0 Å². The van der Waals surface area contributed by atoms with Crippen LogP contribution in [0, 0.1) is 24.2 Å². The van der Waals surface area contributed by atoms with Crippen molar-refractivity contribution in [3.8, 4) is 0 Å². The number of benzene rings is 1. The second-order valence-electron chi connectivity index (χ2n) is 8.64. The van der Waals surface area contributed by atoms with Gasteiger partial charge >= 0.3 is 5.97 Å². The first-order valence-electron chi connectivity index (χ1n) is 9.34. The summed E-state index contributed by atoms with van der Waals surface area (Å²) < 4.78 is 5.37. The zero-order valence-electron chi connectivity index (χ0n) is 15.2. The molecule has 5 nitrogen and oxygen atoms in total. The number of hydrogen-bond donors (Lipinski definition) is 2. The number of carbonyl (C=O) groups is 2. The Morgan fingerprint density at radius 3 is 2.52 bits per heavy atom. The number of aliphatic hydroxyl groups is 1. The standard InChI is InChI=1S/C20H23Cl2NO4/c1-11-2-3-14(21)17(16(11)22)23-15(24)9-27-18(25)19-5-12-4-13(6-19)8-20(26,7-12)10-19/h2-3,12-13,26H,4-10H2,1H3,(H,23,24)/t12-,13-,19?,20?/m1/s1. The molecule has 27 heavy (non-hydrogen) atoms. The van der Waals surface area contributed by atoms with Crippen LogP contribution in [0.1, 0.15) is 44.1 Å². The molecular formula is C20H23Cl2NO4. The fourth-order valence-electron chi connectivity index (χ4n) is 5.68. The van der Waals surface area contributed by atoms with Crippen molar-refractivity contribution in [1.29, 1.82) is 0 Å². The van der Waals surface area contributed by atoms with Crippen LogP contribution in [0.4, 0.5) is 5.69 Å². The Morgan fingerprint density at radius 1 is 1.22 bits per heavy atom. The molecule has 0 aliphatic heterocycles. The Labute approximate surface area is 168 Å². The average Bonchev–Trinajstić information content (AvgIpc) is 2.58. The highest BCUT2D eigenvalue weighted by Crippen LogP contribution is 2.61. The van der Waals surface area contributed by atoms with E-state index in [1.165, 1.54) is 0 Å². The third-order valence-electron chi connectivity index (χ3n) is 6.35. The summed E-state index contributed by atoms with van der Waals surface area (Å²) >= 11 is 12.3. The van der Waals surface area contributed by atoms with Gasteiger partial charge in [0.25, 0.3) is 5.91 Å². The smallest absolute Gasteiger partial charge is 0.312 e. The van der Waals surface area contributed by atoms with Crippen molar-refractivity contribution >= 4 is 40.8 Å². The lowest BCUT2D eigenvalue weighted by Gasteiger charge is -2.58. The van der Waals surface area contributed by atoms with Crippen molar-refractivity contribution < 1.29 is 19.4 Å². The normalized spacial score (nSPS) is 33.8. The largest absolute Gasteiger partial charge is 0.455 e. The maximum Gasteiger partial charge on any atom is 0.312 e. The van der Waals surface area contributed by atoms with Gasteiger partial charge in [0, 0.05) is 0 Å². The van der Waals surface area contributed by atoms with E-state index < -0.39 is 23.5 Å². The first-order valence-corrected chi connectivity index (χ1v) is 10.1. The molecule has 0 spiro atoms. The second-order valence-corrected chi connectivity index (χ2v) is 9.43. The first kappa shape index (κ1) is 19.0.